The maximum atomic E-state index is 13.8. The van der Waals surface area contributed by atoms with Gasteiger partial charge in [0.2, 0.25) is 5.91 Å². The van der Waals surface area contributed by atoms with Crippen LogP contribution >= 0.6 is 0 Å². The van der Waals surface area contributed by atoms with Crippen molar-refractivity contribution in [1.82, 2.24) is 4.90 Å². The number of anilines is 1. The van der Waals surface area contributed by atoms with Crippen LogP contribution in [0.25, 0.3) is 0 Å². The molecule has 4 rings (SSSR count). The van der Waals surface area contributed by atoms with Crippen LogP contribution in [0.2, 0.25) is 18.6 Å². The zero-order valence-electron chi connectivity index (χ0n) is 24.9. The van der Waals surface area contributed by atoms with Crippen LogP contribution in [0.5, 0.6) is 11.5 Å². The Morgan fingerprint density at radius 3 is 2.49 bits per heavy atom. The number of aliphatic hydroxyl groups excluding tert-OH is 2. The molecule has 1 unspecified atom stereocenters. The van der Waals surface area contributed by atoms with Crippen molar-refractivity contribution in [3.8, 4) is 11.5 Å². The number of ether oxygens (including phenoxy) is 3. The molecule has 2 aliphatic heterocycles. The first-order valence-electron chi connectivity index (χ1n) is 14.4. The van der Waals surface area contributed by atoms with Crippen LogP contribution in [0.15, 0.2) is 42.5 Å². The Labute approximate surface area is 243 Å². The van der Waals surface area contributed by atoms with Gasteiger partial charge in [-0.15, -0.1) is 0 Å². The van der Waals surface area contributed by atoms with Gasteiger partial charge in [-0.3, -0.25) is 9.59 Å². The first kappa shape index (κ1) is 31.0. The minimum Gasteiger partial charge on any atom is -0.497 e. The molecule has 0 spiro atoms. The van der Waals surface area contributed by atoms with E-state index >= 15 is 0 Å². The fourth-order valence-corrected chi connectivity index (χ4v) is 9.71. The number of amides is 2. The molecule has 1 fully saturated rings. The minimum atomic E-state index is -2.36. The Kier molecular flexibility index (Phi) is 9.79. The van der Waals surface area contributed by atoms with E-state index in [1.54, 1.807) is 20.3 Å². The number of rotatable bonds is 10. The summed E-state index contributed by atoms with van der Waals surface area (Å²) in [5.41, 5.74) is 1.27. The number of nitrogens with zero attached hydrogens (tertiary/aromatic N) is 1. The Bertz CT molecular complexity index is 1220. The van der Waals surface area contributed by atoms with Crippen molar-refractivity contribution >= 4 is 30.8 Å². The lowest BCUT2D eigenvalue weighted by Gasteiger charge is -2.46. The first-order valence-corrected chi connectivity index (χ1v) is 17.5. The van der Waals surface area contributed by atoms with Crippen LogP contribution in [-0.4, -0.2) is 80.6 Å². The summed E-state index contributed by atoms with van der Waals surface area (Å²) in [5.74, 6) is 0.887. The maximum Gasteiger partial charge on any atom is 0.252 e. The van der Waals surface area contributed by atoms with E-state index in [-0.39, 0.29) is 42.2 Å². The summed E-state index contributed by atoms with van der Waals surface area (Å²) in [6.07, 6.45) is 0.245. The van der Waals surface area contributed by atoms with Gasteiger partial charge in [0.05, 0.1) is 33.9 Å². The van der Waals surface area contributed by atoms with Gasteiger partial charge >= 0.3 is 0 Å². The molecule has 0 saturated carbocycles. The van der Waals surface area contributed by atoms with E-state index in [1.807, 2.05) is 29.2 Å². The third-order valence-corrected chi connectivity index (χ3v) is 13.1. The number of likely N-dealkylation sites (tertiary alicyclic amines) is 1. The minimum absolute atomic E-state index is 0.0287. The van der Waals surface area contributed by atoms with Gasteiger partial charge < -0.3 is 34.6 Å². The molecular weight excluding hydrogens is 540 g/mol. The smallest absolute Gasteiger partial charge is 0.252 e. The van der Waals surface area contributed by atoms with E-state index in [2.05, 4.69) is 37.5 Å². The van der Waals surface area contributed by atoms with E-state index in [0.717, 1.165) is 24.2 Å². The molecule has 2 aliphatic rings. The zero-order valence-corrected chi connectivity index (χ0v) is 25.9. The molecule has 10 heteroatoms. The summed E-state index contributed by atoms with van der Waals surface area (Å²) in [6, 6.07) is 13.4. The monoisotopic (exact) mass is 584 g/mol. The molecule has 0 radical (unpaired) electrons. The van der Waals surface area contributed by atoms with Crippen LogP contribution in [0, 0.1) is 5.92 Å². The number of methoxy groups -OCH3 is 2. The van der Waals surface area contributed by atoms with Gasteiger partial charge in [-0.1, -0.05) is 37.3 Å². The average molecular weight is 585 g/mol. The number of carbonyl (C=O) groups excluding carboxylic acids is 2. The third kappa shape index (κ3) is 6.45. The predicted molar refractivity (Wildman–Crippen MR) is 160 cm³/mol. The Morgan fingerprint density at radius 2 is 1.88 bits per heavy atom. The van der Waals surface area contributed by atoms with Gasteiger partial charge in [-0.25, -0.2) is 0 Å². The molecule has 6 atom stereocenters. The highest BCUT2D eigenvalue weighted by molar-refractivity contribution is 6.91. The second-order valence-corrected chi connectivity index (χ2v) is 16.6. The van der Waals surface area contributed by atoms with Crippen molar-refractivity contribution in [3.05, 3.63) is 48.0 Å². The average Bonchev–Trinajstić information content (AvgIpc) is 3.45. The molecule has 2 aromatic rings. The summed E-state index contributed by atoms with van der Waals surface area (Å²) in [7, 11) is 0.950. The van der Waals surface area contributed by atoms with Crippen molar-refractivity contribution in [2.75, 3.05) is 32.7 Å². The second-order valence-electron chi connectivity index (χ2n) is 11.8. The summed E-state index contributed by atoms with van der Waals surface area (Å²) in [4.78, 5) is 27.8. The van der Waals surface area contributed by atoms with Crippen LogP contribution < -0.4 is 20.0 Å². The van der Waals surface area contributed by atoms with E-state index < -0.39 is 20.1 Å². The molecule has 3 N–H and O–H groups in total. The maximum absolute atomic E-state index is 13.8. The third-order valence-electron chi connectivity index (χ3n) is 8.94. The van der Waals surface area contributed by atoms with Crippen LogP contribution in [0.3, 0.4) is 0 Å². The highest BCUT2D eigenvalue weighted by atomic mass is 28.3. The van der Waals surface area contributed by atoms with Crippen LogP contribution in [0.4, 0.5) is 5.69 Å². The number of hydrogen-bond donors (Lipinski definition) is 3. The van der Waals surface area contributed by atoms with Gasteiger partial charge in [0, 0.05) is 42.8 Å². The van der Waals surface area contributed by atoms with E-state index in [1.165, 1.54) is 12.1 Å². The zero-order chi connectivity index (χ0) is 29.9. The topological polar surface area (TPSA) is 118 Å². The summed E-state index contributed by atoms with van der Waals surface area (Å²) in [5, 5.41) is 23.5. The number of benzene rings is 2. The molecule has 0 bridgehead atoms. The van der Waals surface area contributed by atoms with Crippen molar-refractivity contribution < 1.29 is 34.0 Å². The fraction of sp³-hybridized carbons (Fsp3) is 0.548. The molecule has 224 valence electrons. The highest BCUT2D eigenvalue weighted by Crippen LogP contribution is 2.48. The van der Waals surface area contributed by atoms with Crippen LogP contribution in [0.1, 0.15) is 44.8 Å². The number of aliphatic hydroxyl groups is 2. The van der Waals surface area contributed by atoms with Crippen molar-refractivity contribution in [3.63, 3.8) is 0 Å². The highest BCUT2D eigenvalue weighted by Gasteiger charge is 2.48. The van der Waals surface area contributed by atoms with Crippen LogP contribution in [-0.2, 0) is 14.3 Å². The van der Waals surface area contributed by atoms with Gasteiger partial charge in [0.25, 0.3) is 5.91 Å². The molecule has 2 aromatic carbocycles. The SMILES string of the molecule is COc1ccc([Si](C)(C)C(CC(=O)N2CCC[C@H]2CO)[C@@H]2Oc3ccc(NC(=O)[C@H](C)O)cc3[C@H](OC)[C@H]2C)cc1. The lowest BCUT2D eigenvalue weighted by Crippen LogP contribution is -2.55. The Hall–Kier alpha value is -2.92. The molecule has 1 saturated heterocycles. The number of nitrogens with one attached hydrogen (secondary N) is 1. The molecule has 9 nitrogen and oxygen atoms in total. The quantitative estimate of drug-likeness (QED) is 0.366. The molecule has 2 amide bonds. The fourth-order valence-electron chi connectivity index (χ4n) is 6.38. The number of hydrogen-bond acceptors (Lipinski definition) is 7. The van der Waals surface area contributed by atoms with Crippen molar-refractivity contribution in [2.45, 2.75) is 76.1 Å². The normalized spacial score (nSPS) is 23.8. The standard InChI is InChI=1S/C31H44N2O7Si/c1-19-29(39-4)25-16-21(32-31(37)20(2)35)9-14-26(25)40-30(19)27(17-28(36)33-15-7-8-22(33)18-34)41(5,6)24-12-10-23(38-3)11-13-24/h9-14,16,19-20,22,27,29-30,34-35H,7-8,15,17-18H2,1-6H3,(H,32,37)/t19-,20+,22+,27?,29-,30-/m1/s1. The predicted octanol–water partition coefficient (Wildman–Crippen LogP) is 3.46. The van der Waals surface area contributed by atoms with E-state index in [4.69, 9.17) is 14.2 Å². The van der Waals surface area contributed by atoms with E-state index in [9.17, 15) is 19.8 Å². The first-order chi connectivity index (χ1) is 19.5. The molecule has 0 aliphatic carbocycles. The summed E-state index contributed by atoms with van der Waals surface area (Å²) < 4.78 is 18.2. The molecule has 2 heterocycles. The Morgan fingerprint density at radius 1 is 1.17 bits per heavy atom. The molecule has 0 aromatic heterocycles. The Balaban J connectivity index is 1.72. The van der Waals surface area contributed by atoms with Gasteiger partial charge in [0.15, 0.2) is 0 Å². The summed E-state index contributed by atoms with van der Waals surface area (Å²) >= 11 is 0. The molecule has 41 heavy (non-hydrogen) atoms. The van der Waals surface area contributed by atoms with Crippen molar-refractivity contribution in [2.24, 2.45) is 5.92 Å². The lowest BCUT2D eigenvalue weighted by molar-refractivity contribution is -0.133. The number of carbonyl (C=O) groups is 2. The summed E-state index contributed by atoms with van der Waals surface area (Å²) in [6.45, 7) is 8.70. The van der Waals surface area contributed by atoms with E-state index in [0.29, 0.717) is 24.4 Å². The van der Waals surface area contributed by atoms with Crippen molar-refractivity contribution in [1.29, 1.82) is 0 Å². The van der Waals surface area contributed by atoms with Gasteiger partial charge in [-0.2, -0.15) is 0 Å². The largest absolute Gasteiger partial charge is 0.497 e. The molecular formula is C31H44N2O7Si. The van der Waals surface area contributed by atoms with Gasteiger partial charge in [0.1, 0.15) is 23.7 Å². The number of fused-ring (bicyclic) bond motifs is 1. The lowest BCUT2D eigenvalue weighted by atomic mass is 9.86. The second kappa shape index (κ2) is 12.9. The van der Waals surface area contributed by atoms with Gasteiger partial charge in [-0.05, 0) is 50.1 Å².